The maximum atomic E-state index is 14.0. The van der Waals surface area contributed by atoms with Gasteiger partial charge in [-0.15, -0.1) is 13.2 Å². The second kappa shape index (κ2) is 25.4. The summed E-state index contributed by atoms with van der Waals surface area (Å²) in [4.78, 5) is 8.73. The van der Waals surface area contributed by atoms with Gasteiger partial charge in [-0.2, -0.15) is 8.61 Å². The average Bonchev–Trinajstić information content (AvgIpc) is 3.35. The zero-order valence-electron chi connectivity index (χ0n) is 38.1. The Hall–Kier alpha value is -6.32. The van der Waals surface area contributed by atoms with Gasteiger partial charge in [-0.3, -0.25) is 9.97 Å². The summed E-state index contributed by atoms with van der Waals surface area (Å²) in [5, 5.41) is -1.54. The normalized spacial score (nSPS) is 12.3. The van der Waals surface area contributed by atoms with Crippen molar-refractivity contribution in [1.82, 2.24) is 18.6 Å². The lowest BCUT2D eigenvalue weighted by Crippen LogP contribution is -2.34. The fourth-order valence-corrected chi connectivity index (χ4v) is 10.9. The van der Waals surface area contributed by atoms with Gasteiger partial charge in [0.15, 0.2) is 0 Å². The van der Waals surface area contributed by atoms with E-state index in [0.717, 1.165) is 45.3 Å². The lowest BCUT2D eigenvalue weighted by Gasteiger charge is -2.28. The van der Waals surface area contributed by atoms with Crippen LogP contribution in [-0.4, -0.2) is 63.9 Å². The highest BCUT2D eigenvalue weighted by Crippen LogP contribution is 2.33. The Morgan fingerprint density at radius 1 is 0.455 bits per heavy atom. The summed E-state index contributed by atoms with van der Waals surface area (Å²) < 4.78 is 80.0. The van der Waals surface area contributed by atoms with Crippen LogP contribution in [0.5, 0.6) is 23.0 Å². The molecule has 2 heterocycles. The molecule has 14 heteroatoms. The van der Waals surface area contributed by atoms with Crippen LogP contribution in [0.1, 0.15) is 69.8 Å². The molecule has 0 aliphatic carbocycles. The van der Waals surface area contributed by atoms with Crippen LogP contribution in [0.4, 0.5) is 0 Å². The number of pyridine rings is 2. The third kappa shape index (κ3) is 14.3. The third-order valence-corrected chi connectivity index (χ3v) is 15.2. The first-order chi connectivity index (χ1) is 31.9. The predicted octanol–water partition coefficient (Wildman–Crippen LogP) is 10.3. The molecule has 0 fully saturated rings. The fraction of sp³-hybridized carbons (Fsp3) is 0.269. The summed E-state index contributed by atoms with van der Waals surface area (Å²) >= 11 is 0. The zero-order chi connectivity index (χ0) is 47.4. The van der Waals surface area contributed by atoms with Gasteiger partial charge in [0.05, 0.1) is 39.8 Å². The zero-order valence-corrected chi connectivity index (χ0v) is 39.7. The minimum absolute atomic E-state index is 0.232. The van der Waals surface area contributed by atoms with Crippen LogP contribution in [0.3, 0.4) is 0 Å². The molecular weight excluding hydrogens is 873 g/mol. The topological polar surface area (TPSA) is 137 Å². The molecule has 0 aliphatic rings. The molecule has 6 rings (SSSR count). The summed E-state index contributed by atoms with van der Waals surface area (Å²) in [6.07, 6.45) is 8.69. The van der Waals surface area contributed by atoms with Crippen LogP contribution in [0.2, 0.25) is 0 Å². The van der Waals surface area contributed by atoms with Crippen molar-refractivity contribution in [3.05, 3.63) is 205 Å². The number of ether oxygens (including phenoxy) is 4. The molecule has 0 saturated heterocycles. The van der Waals surface area contributed by atoms with Gasteiger partial charge in [0.1, 0.15) is 33.5 Å². The van der Waals surface area contributed by atoms with Gasteiger partial charge in [0.25, 0.3) is 0 Å². The third-order valence-electron chi connectivity index (χ3n) is 10.8. The van der Waals surface area contributed by atoms with Crippen molar-refractivity contribution in [2.45, 2.75) is 62.4 Å². The second-order valence-electron chi connectivity index (χ2n) is 15.2. The van der Waals surface area contributed by atoms with E-state index in [1.807, 2.05) is 109 Å². The Morgan fingerprint density at radius 3 is 0.939 bits per heavy atom. The van der Waals surface area contributed by atoms with Crippen molar-refractivity contribution in [1.29, 1.82) is 0 Å². The van der Waals surface area contributed by atoms with E-state index in [4.69, 9.17) is 18.9 Å². The van der Waals surface area contributed by atoms with Crippen molar-refractivity contribution in [3.63, 3.8) is 0 Å². The SMILES string of the molecule is C=CCC[C@@H](c1ccccn1)S(=O)(=O)N(Cc1ccc(OC)cc1)Cc1ccc(OC)cc1.C=CCC[C@H](c1ccccn1)S(=O)(=O)N(Cc1ccc(OC)cc1)Cc1ccc(OC)cc1. The van der Waals surface area contributed by atoms with Crippen LogP contribution >= 0.6 is 0 Å². The Bertz CT molecular complexity index is 2320. The molecule has 6 aromatic rings. The van der Waals surface area contributed by atoms with E-state index in [1.165, 1.54) is 8.61 Å². The second-order valence-corrected chi connectivity index (χ2v) is 19.5. The van der Waals surface area contributed by atoms with E-state index < -0.39 is 30.5 Å². The Kier molecular flexibility index (Phi) is 19.5. The molecule has 0 aliphatic heterocycles. The van der Waals surface area contributed by atoms with Gasteiger partial charge in [0, 0.05) is 38.6 Å². The number of benzene rings is 4. The highest BCUT2D eigenvalue weighted by Gasteiger charge is 2.35. The van der Waals surface area contributed by atoms with Crippen molar-refractivity contribution in [2.24, 2.45) is 0 Å². The van der Waals surface area contributed by atoms with Crippen molar-refractivity contribution in [2.75, 3.05) is 28.4 Å². The van der Waals surface area contributed by atoms with E-state index >= 15 is 0 Å². The van der Waals surface area contributed by atoms with Crippen molar-refractivity contribution >= 4 is 20.0 Å². The van der Waals surface area contributed by atoms with E-state index in [2.05, 4.69) is 23.1 Å². The number of aromatic nitrogens is 2. The van der Waals surface area contributed by atoms with Crippen LogP contribution in [0, 0.1) is 0 Å². The van der Waals surface area contributed by atoms with E-state index in [9.17, 15) is 16.8 Å². The Labute approximate surface area is 391 Å². The standard InChI is InChI=1S/2C26H30N2O4S/c2*1-4-5-9-26(25-8-6-7-18-27-25)33(29,30)28(19-21-10-14-23(31-2)15-11-21)20-22-12-16-24(32-3)17-13-22/h2*4,6-8,10-18,26H,1,5,9,19-20H2,2-3H3/t2*26-/m10/s1. The first-order valence-corrected chi connectivity index (χ1v) is 24.5. The van der Waals surface area contributed by atoms with Gasteiger partial charge in [-0.05, 0) is 121 Å². The molecule has 2 aromatic heterocycles. The molecule has 0 N–H and O–H groups in total. The van der Waals surface area contributed by atoms with Gasteiger partial charge < -0.3 is 18.9 Å². The summed E-state index contributed by atoms with van der Waals surface area (Å²) in [7, 11) is -1.10. The molecule has 12 nitrogen and oxygen atoms in total. The van der Waals surface area contributed by atoms with Crippen molar-refractivity contribution in [3.8, 4) is 23.0 Å². The molecule has 2 atom stereocenters. The lowest BCUT2D eigenvalue weighted by atomic mass is 10.1. The highest BCUT2D eigenvalue weighted by atomic mass is 32.2. The van der Waals surface area contributed by atoms with Crippen LogP contribution < -0.4 is 18.9 Å². The molecule has 348 valence electrons. The molecule has 0 bridgehead atoms. The number of hydrogen-bond donors (Lipinski definition) is 0. The molecule has 0 unspecified atom stereocenters. The van der Waals surface area contributed by atoms with E-state index in [0.29, 0.717) is 37.1 Å². The van der Waals surface area contributed by atoms with E-state index in [1.54, 1.807) is 77.3 Å². The quantitative estimate of drug-likeness (QED) is 0.0539. The molecular formula is C52H60N4O8S2. The summed E-state index contributed by atoms with van der Waals surface area (Å²) in [6.45, 7) is 8.47. The fourth-order valence-electron chi connectivity index (χ4n) is 7.14. The first-order valence-electron chi connectivity index (χ1n) is 21.5. The molecule has 0 radical (unpaired) electrons. The van der Waals surface area contributed by atoms with Gasteiger partial charge in [0.2, 0.25) is 20.0 Å². The maximum absolute atomic E-state index is 14.0. The lowest BCUT2D eigenvalue weighted by molar-refractivity contribution is 0.388. The predicted molar refractivity (Wildman–Crippen MR) is 261 cm³/mol. The molecule has 0 spiro atoms. The van der Waals surface area contributed by atoms with Crippen LogP contribution in [-0.2, 0) is 46.2 Å². The maximum Gasteiger partial charge on any atom is 0.223 e. The Balaban J connectivity index is 0.000000247. The van der Waals surface area contributed by atoms with Gasteiger partial charge in [-0.1, -0.05) is 72.8 Å². The minimum Gasteiger partial charge on any atom is -0.497 e. The number of hydrogen-bond acceptors (Lipinski definition) is 10. The summed E-state index contributed by atoms with van der Waals surface area (Å²) in [6, 6.07) is 40.5. The van der Waals surface area contributed by atoms with Crippen molar-refractivity contribution < 1.29 is 35.8 Å². The first kappa shape index (κ1) is 50.7. The Morgan fingerprint density at radius 2 is 0.727 bits per heavy atom. The van der Waals surface area contributed by atoms with Gasteiger partial charge >= 0.3 is 0 Å². The number of rotatable bonds is 24. The molecule has 0 saturated carbocycles. The smallest absolute Gasteiger partial charge is 0.223 e. The highest BCUT2D eigenvalue weighted by molar-refractivity contribution is 7.89. The number of nitrogens with zero attached hydrogens (tertiary/aromatic N) is 4. The van der Waals surface area contributed by atoms with E-state index in [-0.39, 0.29) is 26.2 Å². The largest absolute Gasteiger partial charge is 0.497 e. The number of methoxy groups -OCH3 is 4. The monoisotopic (exact) mass is 932 g/mol. The van der Waals surface area contributed by atoms with Crippen LogP contribution in [0.15, 0.2) is 171 Å². The molecule has 0 amide bonds. The van der Waals surface area contributed by atoms with Gasteiger partial charge in [-0.25, -0.2) is 16.8 Å². The summed E-state index contributed by atoms with van der Waals surface area (Å²) in [5.74, 6) is 2.89. The number of allylic oxidation sites excluding steroid dienone is 2. The summed E-state index contributed by atoms with van der Waals surface area (Å²) in [5.41, 5.74) is 4.56. The number of sulfonamides is 2. The van der Waals surface area contributed by atoms with Crippen LogP contribution in [0.25, 0.3) is 0 Å². The molecule has 4 aromatic carbocycles. The minimum atomic E-state index is -3.76. The average molecular weight is 933 g/mol. The molecule has 66 heavy (non-hydrogen) atoms.